The summed E-state index contributed by atoms with van der Waals surface area (Å²) in [5.41, 5.74) is 0.489. The Kier molecular flexibility index (Phi) is 2.82. The number of carbonyl (C=O) groups is 2. The Morgan fingerprint density at radius 3 is 3.06 bits per heavy atom. The molecule has 0 aromatic carbocycles. The SMILES string of the molecule is COc1ccc2c(n1)N(CC(=O)O)CC(=O)N2. The molecule has 1 aliphatic rings. The van der Waals surface area contributed by atoms with Crippen LogP contribution in [-0.4, -0.2) is 42.2 Å². The summed E-state index contributed by atoms with van der Waals surface area (Å²) in [6.45, 7) is -0.306. The van der Waals surface area contributed by atoms with E-state index in [9.17, 15) is 9.59 Å². The lowest BCUT2D eigenvalue weighted by atomic mass is 10.2. The van der Waals surface area contributed by atoms with E-state index in [2.05, 4.69) is 10.3 Å². The number of carboxylic acid groups (broad SMARTS) is 1. The second-order valence-corrected chi connectivity index (χ2v) is 3.52. The maximum Gasteiger partial charge on any atom is 0.323 e. The molecule has 0 atom stereocenters. The smallest absolute Gasteiger partial charge is 0.323 e. The Labute approximate surface area is 97.0 Å². The Bertz CT molecular complexity index is 475. The summed E-state index contributed by atoms with van der Waals surface area (Å²) < 4.78 is 4.96. The molecule has 7 nitrogen and oxygen atoms in total. The van der Waals surface area contributed by atoms with E-state index < -0.39 is 5.97 Å². The van der Waals surface area contributed by atoms with Crippen LogP contribution < -0.4 is 15.0 Å². The number of methoxy groups -OCH3 is 1. The van der Waals surface area contributed by atoms with Crippen molar-refractivity contribution in [1.29, 1.82) is 0 Å². The molecule has 0 bridgehead atoms. The van der Waals surface area contributed by atoms with Crippen molar-refractivity contribution in [2.45, 2.75) is 0 Å². The second kappa shape index (κ2) is 4.28. The molecule has 2 heterocycles. The van der Waals surface area contributed by atoms with Crippen LogP contribution in [0.4, 0.5) is 11.5 Å². The summed E-state index contributed by atoms with van der Waals surface area (Å²) in [6.07, 6.45) is 0. The maximum atomic E-state index is 11.4. The molecule has 2 rings (SSSR count). The summed E-state index contributed by atoms with van der Waals surface area (Å²) in [6, 6.07) is 3.23. The minimum absolute atomic E-state index is 0.0283. The van der Waals surface area contributed by atoms with Crippen molar-refractivity contribution < 1.29 is 19.4 Å². The predicted octanol–water partition coefficient (Wildman–Crippen LogP) is -0.0667. The second-order valence-electron chi connectivity index (χ2n) is 3.52. The molecule has 2 N–H and O–H groups in total. The topological polar surface area (TPSA) is 91.8 Å². The van der Waals surface area contributed by atoms with Crippen LogP contribution >= 0.6 is 0 Å². The van der Waals surface area contributed by atoms with Gasteiger partial charge in [0, 0.05) is 6.07 Å². The van der Waals surface area contributed by atoms with Crippen LogP contribution in [0.2, 0.25) is 0 Å². The number of nitrogens with zero attached hydrogens (tertiary/aromatic N) is 2. The van der Waals surface area contributed by atoms with E-state index in [4.69, 9.17) is 9.84 Å². The van der Waals surface area contributed by atoms with Gasteiger partial charge in [0.25, 0.3) is 0 Å². The molecule has 0 radical (unpaired) electrons. The molecule has 1 aromatic rings. The molecular weight excluding hydrogens is 226 g/mol. The van der Waals surface area contributed by atoms with Crippen LogP contribution in [0.1, 0.15) is 0 Å². The molecule has 1 aromatic heterocycles. The average molecular weight is 237 g/mol. The molecule has 17 heavy (non-hydrogen) atoms. The van der Waals surface area contributed by atoms with E-state index in [0.717, 1.165) is 0 Å². The highest BCUT2D eigenvalue weighted by molar-refractivity contribution is 6.01. The first kappa shape index (κ1) is 11.2. The Morgan fingerprint density at radius 1 is 1.65 bits per heavy atom. The molecule has 0 unspecified atom stereocenters. The number of aromatic nitrogens is 1. The zero-order chi connectivity index (χ0) is 12.4. The quantitative estimate of drug-likeness (QED) is 0.764. The van der Waals surface area contributed by atoms with Gasteiger partial charge in [-0.2, -0.15) is 4.98 Å². The molecule has 0 aliphatic carbocycles. The Morgan fingerprint density at radius 2 is 2.41 bits per heavy atom. The highest BCUT2D eigenvalue weighted by Crippen LogP contribution is 2.29. The lowest BCUT2D eigenvalue weighted by Gasteiger charge is -2.28. The van der Waals surface area contributed by atoms with Gasteiger partial charge < -0.3 is 20.1 Å². The standard InChI is InChI=1S/C10H11N3O4/c1-17-8-3-2-6-10(12-8)13(5-9(15)16)4-7(14)11-6/h2-3H,4-5H2,1H3,(H,11,14)(H,15,16). The van der Waals surface area contributed by atoms with Crippen LogP contribution in [0.5, 0.6) is 5.88 Å². The van der Waals surface area contributed by atoms with E-state index in [1.807, 2.05) is 0 Å². The third-order valence-corrected chi connectivity index (χ3v) is 2.29. The molecule has 0 saturated heterocycles. The zero-order valence-electron chi connectivity index (χ0n) is 9.14. The van der Waals surface area contributed by atoms with Gasteiger partial charge in [-0.3, -0.25) is 9.59 Å². The fraction of sp³-hybridized carbons (Fsp3) is 0.300. The van der Waals surface area contributed by atoms with Gasteiger partial charge in [-0.1, -0.05) is 0 Å². The number of hydrogen-bond donors (Lipinski definition) is 2. The first-order valence-electron chi connectivity index (χ1n) is 4.92. The molecule has 1 amide bonds. The molecule has 0 spiro atoms. The van der Waals surface area contributed by atoms with E-state index >= 15 is 0 Å². The number of hydrogen-bond acceptors (Lipinski definition) is 5. The van der Waals surface area contributed by atoms with Crippen molar-refractivity contribution in [3.8, 4) is 5.88 Å². The van der Waals surface area contributed by atoms with Gasteiger partial charge in [-0.05, 0) is 6.07 Å². The van der Waals surface area contributed by atoms with Crippen molar-refractivity contribution in [3.05, 3.63) is 12.1 Å². The molecule has 0 saturated carbocycles. The fourth-order valence-electron chi connectivity index (χ4n) is 1.62. The minimum atomic E-state index is -1.02. The zero-order valence-corrected chi connectivity index (χ0v) is 9.14. The normalized spacial score (nSPS) is 13.9. The van der Waals surface area contributed by atoms with Crippen LogP contribution in [-0.2, 0) is 9.59 Å². The van der Waals surface area contributed by atoms with Gasteiger partial charge in [0.1, 0.15) is 6.54 Å². The van der Waals surface area contributed by atoms with Crippen molar-refractivity contribution in [1.82, 2.24) is 4.98 Å². The molecule has 1 aliphatic heterocycles. The average Bonchev–Trinajstić information content (AvgIpc) is 2.27. The largest absolute Gasteiger partial charge is 0.481 e. The summed E-state index contributed by atoms with van der Waals surface area (Å²) in [5.74, 6) is -0.498. The summed E-state index contributed by atoms with van der Waals surface area (Å²) >= 11 is 0. The third kappa shape index (κ3) is 2.27. The number of carbonyl (C=O) groups excluding carboxylic acids is 1. The number of amides is 1. The molecule has 7 heteroatoms. The van der Waals surface area contributed by atoms with Crippen LogP contribution in [0.15, 0.2) is 12.1 Å². The Hall–Kier alpha value is -2.31. The van der Waals surface area contributed by atoms with Gasteiger partial charge >= 0.3 is 5.97 Å². The predicted molar refractivity (Wildman–Crippen MR) is 59.3 cm³/mol. The van der Waals surface area contributed by atoms with Crippen LogP contribution in [0.25, 0.3) is 0 Å². The fourth-order valence-corrected chi connectivity index (χ4v) is 1.62. The summed E-state index contributed by atoms with van der Waals surface area (Å²) in [4.78, 5) is 27.6. The minimum Gasteiger partial charge on any atom is -0.481 e. The van der Waals surface area contributed by atoms with Gasteiger partial charge in [-0.25, -0.2) is 0 Å². The summed E-state index contributed by atoms with van der Waals surface area (Å²) in [7, 11) is 1.47. The van der Waals surface area contributed by atoms with Crippen molar-refractivity contribution >= 4 is 23.4 Å². The van der Waals surface area contributed by atoms with Crippen LogP contribution in [0.3, 0.4) is 0 Å². The van der Waals surface area contributed by atoms with Gasteiger partial charge in [0.15, 0.2) is 5.82 Å². The number of fused-ring (bicyclic) bond motifs is 1. The molecule has 0 fully saturated rings. The van der Waals surface area contributed by atoms with E-state index in [1.54, 1.807) is 12.1 Å². The number of carboxylic acids is 1. The van der Waals surface area contributed by atoms with Gasteiger partial charge in [0.05, 0.1) is 19.3 Å². The van der Waals surface area contributed by atoms with Crippen molar-refractivity contribution in [3.63, 3.8) is 0 Å². The van der Waals surface area contributed by atoms with E-state index in [1.165, 1.54) is 12.0 Å². The highest BCUT2D eigenvalue weighted by Gasteiger charge is 2.25. The highest BCUT2D eigenvalue weighted by atomic mass is 16.5. The number of nitrogens with one attached hydrogen (secondary N) is 1. The lowest BCUT2D eigenvalue weighted by molar-refractivity contribution is -0.135. The monoisotopic (exact) mass is 237 g/mol. The number of aliphatic carboxylic acids is 1. The summed E-state index contributed by atoms with van der Waals surface area (Å²) in [5, 5.41) is 11.4. The van der Waals surface area contributed by atoms with Crippen molar-refractivity contribution in [2.24, 2.45) is 0 Å². The van der Waals surface area contributed by atoms with Gasteiger partial charge in [-0.15, -0.1) is 0 Å². The lowest BCUT2D eigenvalue weighted by Crippen LogP contribution is -2.41. The van der Waals surface area contributed by atoms with Crippen LogP contribution in [0, 0.1) is 0 Å². The number of rotatable bonds is 3. The first-order valence-corrected chi connectivity index (χ1v) is 4.92. The first-order chi connectivity index (χ1) is 8.10. The molecular formula is C10H11N3O4. The van der Waals surface area contributed by atoms with Crippen molar-refractivity contribution in [2.75, 3.05) is 30.4 Å². The number of ether oxygens (including phenoxy) is 1. The third-order valence-electron chi connectivity index (χ3n) is 2.29. The maximum absolute atomic E-state index is 11.4. The number of pyridine rings is 1. The van der Waals surface area contributed by atoms with E-state index in [-0.39, 0.29) is 19.0 Å². The number of anilines is 2. The van der Waals surface area contributed by atoms with Gasteiger partial charge in [0.2, 0.25) is 11.8 Å². The Balaban J connectivity index is 2.38. The van der Waals surface area contributed by atoms with E-state index in [0.29, 0.717) is 17.4 Å². The molecule has 90 valence electrons.